The lowest BCUT2D eigenvalue weighted by Gasteiger charge is -2.28. The molecule has 0 rings (SSSR count). The molecule has 0 saturated carbocycles. The highest BCUT2D eigenvalue weighted by molar-refractivity contribution is 6.34. The molecule has 6 nitrogen and oxygen atoms in total. The van der Waals surface area contributed by atoms with Gasteiger partial charge in [0.05, 0.1) is 0 Å². The number of Topliss-reactive ketones (excluding diaryl/α,β-unsaturated/α-hetero) is 2. The first-order chi connectivity index (χ1) is 8.97. The van der Waals surface area contributed by atoms with Crippen LogP contribution in [0.25, 0.3) is 0 Å². The quantitative estimate of drug-likeness (QED) is 0.537. The summed E-state index contributed by atoms with van der Waals surface area (Å²) < 4.78 is 5.12. The summed E-state index contributed by atoms with van der Waals surface area (Å²) in [4.78, 5) is 44.7. The molecule has 0 radical (unpaired) electrons. The van der Waals surface area contributed by atoms with Crippen LogP contribution in [0.2, 0.25) is 0 Å². The minimum absolute atomic E-state index is 0.0465. The second-order valence-electron chi connectivity index (χ2n) is 5.81. The first-order valence-corrected chi connectivity index (χ1v) is 6.49. The van der Waals surface area contributed by atoms with Gasteiger partial charge in [0.25, 0.3) is 0 Å². The van der Waals surface area contributed by atoms with E-state index in [4.69, 9.17) is 9.84 Å². The van der Waals surface area contributed by atoms with Gasteiger partial charge in [-0.25, -0.2) is 9.59 Å². The van der Waals surface area contributed by atoms with Crippen molar-refractivity contribution in [3.05, 3.63) is 0 Å². The average Bonchev–Trinajstić information content (AvgIpc) is 2.27. The third-order valence-corrected chi connectivity index (χ3v) is 3.28. The number of ketones is 2. The van der Waals surface area contributed by atoms with Crippen LogP contribution in [0.4, 0.5) is 0 Å². The van der Waals surface area contributed by atoms with Gasteiger partial charge in [-0.1, -0.05) is 20.8 Å². The van der Waals surface area contributed by atoms with Crippen molar-refractivity contribution in [3.8, 4) is 0 Å². The van der Waals surface area contributed by atoms with E-state index in [0.717, 1.165) is 0 Å². The monoisotopic (exact) mass is 286 g/mol. The van der Waals surface area contributed by atoms with E-state index in [0.29, 0.717) is 0 Å². The number of esters is 1. The maximum atomic E-state index is 11.7. The Morgan fingerprint density at radius 1 is 1.00 bits per heavy atom. The fourth-order valence-corrected chi connectivity index (χ4v) is 1.29. The average molecular weight is 286 g/mol. The van der Waals surface area contributed by atoms with Crippen LogP contribution in [-0.4, -0.2) is 34.2 Å². The molecule has 0 fully saturated rings. The molecule has 0 aliphatic heterocycles. The molecule has 0 aromatic carbocycles. The van der Waals surface area contributed by atoms with Gasteiger partial charge < -0.3 is 9.84 Å². The molecule has 0 aromatic rings. The lowest BCUT2D eigenvalue weighted by Crippen LogP contribution is -2.36. The Morgan fingerprint density at radius 2 is 1.45 bits per heavy atom. The van der Waals surface area contributed by atoms with E-state index in [-0.39, 0.29) is 18.8 Å². The van der Waals surface area contributed by atoms with Crippen LogP contribution >= 0.6 is 0 Å². The number of carboxylic acids is 1. The van der Waals surface area contributed by atoms with Gasteiger partial charge in [-0.05, 0) is 25.7 Å². The van der Waals surface area contributed by atoms with Gasteiger partial charge in [-0.15, -0.1) is 0 Å². The van der Waals surface area contributed by atoms with Crippen molar-refractivity contribution in [2.24, 2.45) is 11.8 Å². The Morgan fingerprint density at radius 3 is 1.85 bits per heavy atom. The smallest absolute Gasteiger partial charge is 0.375 e. The highest BCUT2D eigenvalue weighted by Crippen LogP contribution is 2.21. The molecule has 114 valence electrons. The molecule has 0 amide bonds. The molecule has 1 atom stereocenters. The topological polar surface area (TPSA) is 97.7 Å². The van der Waals surface area contributed by atoms with E-state index in [9.17, 15) is 19.2 Å². The van der Waals surface area contributed by atoms with Crippen molar-refractivity contribution >= 4 is 23.5 Å². The van der Waals surface area contributed by atoms with Gasteiger partial charge in [-0.3, -0.25) is 9.59 Å². The minimum atomic E-state index is -1.53. The summed E-state index contributed by atoms with van der Waals surface area (Å²) in [6.45, 7) is 8.69. The van der Waals surface area contributed by atoms with Gasteiger partial charge in [0.15, 0.2) is 0 Å². The lowest BCUT2D eigenvalue weighted by atomic mass is 9.94. The number of aliphatic carboxylic acids is 1. The van der Waals surface area contributed by atoms with Gasteiger partial charge in [0, 0.05) is 12.8 Å². The molecule has 20 heavy (non-hydrogen) atoms. The molecule has 0 saturated heterocycles. The van der Waals surface area contributed by atoms with Crippen molar-refractivity contribution in [1.29, 1.82) is 0 Å². The zero-order chi connectivity index (χ0) is 16.1. The molecule has 0 spiro atoms. The molecule has 0 heterocycles. The second-order valence-corrected chi connectivity index (χ2v) is 5.81. The predicted octanol–water partition coefficient (Wildman–Crippen LogP) is 1.60. The summed E-state index contributed by atoms with van der Waals surface area (Å²) >= 11 is 0. The molecule has 0 bridgehead atoms. The molecule has 6 heteroatoms. The summed E-state index contributed by atoms with van der Waals surface area (Å²) in [7, 11) is 0. The molecular weight excluding hydrogens is 264 g/mol. The Labute approximate surface area is 118 Å². The number of rotatable bonds is 8. The SMILES string of the molecule is CC(CC(=O)C(=O)O)CC(=O)C(=O)OC(C)(C)C(C)C. The largest absolute Gasteiger partial charge is 0.476 e. The van der Waals surface area contributed by atoms with Crippen LogP contribution in [0, 0.1) is 11.8 Å². The summed E-state index contributed by atoms with van der Waals surface area (Å²) in [6.07, 6.45) is -0.478. The maximum Gasteiger partial charge on any atom is 0.375 e. The minimum Gasteiger partial charge on any atom is -0.476 e. The Balaban J connectivity index is 4.44. The van der Waals surface area contributed by atoms with Crippen LogP contribution in [0.15, 0.2) is 0 Å². The van der Waals surface area contributed by atoms with Gasteiger partial charge in [0.1, 0.15) is 5.60 Å². The fourth-order valence-electron chi connectivity index (χ4n) is 1.29. The standard InChI is InChI=1S/C14H22O6/c1-8(2)14(4,5)20-13(19)11(16)7-9(3)6-10(15)12(17)18/h8-9H,6-7H2,1-5H3,(H,17,18). The normalized spacial score (nSPS) is 12.9. The molecule has 1 unspecified atom stereocenters. The van der Waals surface area contributed by atoms with E-state index in [1.54, 1.807) is 20.8 Å². The summed E-state index contributed by atoms with van der Waals surface area (Å²) in [6, 6.07) is 0. The maximum absolute atomic E-state index is 11.7. The number of hydrogen-bond acceptors (Lipinski definition) is 5. The van der Waals surface area contributed by atoms with E-state index >= 15 is 0 Å². The van der Waals surface area contributed by atoms with Crippen LogP contribution < -0.4 is 0 Å². The number of ether oxygens (including phenoxy) is 1. The molecular formula is C14H22O6. The summed E-state index contributed by atoms with van der Waals surface area (Å²) in [5.41, 5.74) is -0.757. The zero-order valence-corrected chi connectivity index (χ0v) is 12.6. The molecule has 0 aromatic heterocycles. The zero-order valence-electron chi connectivity index (χ0n) is 12.6. The van der Waals surface area contributed by atoms with Gasteiger partial charge >= 0.3 is 11.9 Å². The highest BCUT2D eigenvalue weighted by atomic mass is 16.6. The van der Waals surface area contributed by atoms with Crippen molar-refractivity contribution in [2.75, 3.05) is 0 Å². The van der Waals surface area contributed by atoms with E-state index in [2.05, 4.69) is 0 Å². The first-order valence-electron chi connectivity index (χ1n) is 6.49. The van der Waals surface area contributed by atoms with Gasteiger partial charge in [-0.2, -0.15) is 0 Å². The summed E-state index contributed by atoms with van der Waals surface area (Å²) in [5.74, 6) is -4.66. The van der Waals surface area contributed by atoms with Crippen LogP contribution in [0.3, 0.4) is 0 Å². The Bertz CT molecular complexity index is 408. The predicted molar refractivity (Wildman–Crippen MR) is 71.1 cm³/mol. The van der Waals surface area contributed by atoms with Crippen molar-refractivity contribution in [1.82, 2.24) is 0 Å². The van der Waals surface area contributed by atoms with Crippen molar-refractivity contribution < 1.29 is 29.0 Å². The third-order valence-electron chi connectivity index (χ3n) is 3.28. The first kappa shape index (κ1) is 18.3. The van der Waals surface area contributed by atoms with E-state index in [1.807, 2.05) is 13.8 Å². The number of carboxylic acid groups (broad SMARTS) is 1. The molecule has 1 N–H and O–H groups in total. The summed E-state index contributed by atoms with van der Waals surface area (Å²) in [5, 5.41) is 8.46. The van der Waals surface area contributed by atoms with Crippen molar-refractivity contribution in [2.45, 2.75) is 53.1 Å². The van der Waals surface area contributed by atoms with Crippen LogP contribution in [-0.2, 0) is 23.9 Å². The molecule has 0 aliphatic carbocycles. The fraction of sp³-hybridized carbons (Fsp3) is 0.714. The number of hydrogen-bond donors (Lipinski definition) is 1. The Hall–Kier alpha value is -1.72. The lowest BCUT2D eigenvalue weighted by molar-refractivity contribution is -0.167. The Kier molecular flexibility index (Phi) is 6.55. The number of carbonyl (C=O) groups excluding carboxylic acids is 3. The number of carbonyl (C=O) groups is 4. The van der Waals surface area contributed by atoms with Crippen LogP contribution in [0.5, 0.6) is 0 Å². The van der Waals surface area contributed by atoms with Gasteiger partial charge in [0.2, 0.25) is 11.6 Å². The van der Waals surface area contributed by atoms with E-state index < -0.39 is 35.0 Å². The second kappa shape index (κ2) is 7.17. The van der Waals surface area contributed by atoms with E-state index in [1.165, 1.54) is 0 Å². The van der Waals surface area contributed by atoms with Crippen LogP contribution in [0.1, 0.15) is 47.5 Å². The van der Waals surface area contributed by atoms with Crippen molar-refractivity contribution in [3.63, 3.8) is 0 Å². The molecule has 0 aliphatic rings. The highest BCUT2D eigenvalue weighted by Gasteiger charge is 2.30. The third kappa shape index (κ3) is 5.95.